The molecular weight excluding hydrogens is 290 g/mol. The summed E-state index contributed by atoms with van der Waals surface area (Å²) in [5.74, 6) is 0. The van der Waals surface area contributed by atoms with Crippen molar-refractivity contribution in [2.75, 3.05) is 0 Å². The molecule has 96 valence electrons. The number of hydrogen-bond donors (Lipinski definition) is 1. The molecule has 0 atom stereocenters. The van der Waals surface area contributed by atoms with Crippen molar-refractivity contribution >= 4 is 15.9 Å². The number of hydrogen-bond acceptors (Lipinski definition) is 2. The maximum atomic E-state index is 4.20. The lowest BCUT2D eigenvalue weighted by Gasteiger charge is -2.12. The van der Waals surface area contributed by atoms with Gasteiger partial charge in [-0.05, 0) is 31.5 Å². The quantitative estimate of drug-likeness (QED) is 0.916. The third kappa shape index (κ3) is 3.43. The summed E-state index contributed by atoms with van der Waals surface area (Å²) in [7, 11) is 0. The van der Waals surface area contributed by atoms with E-state index in [2.05, 4.69) is 62.8 Å². The van der Waals surface area contributed by atoms with Gasteiger partial charge in [0, 0.05) is 29.8 Å². The highest BCUT2D eigenvalue weighted by molar-refractivity contribution is 9.10. The van der Waals surface area contributed by atoms with Gasteiger partial charge in [-0.2, -0.15) is 0 Å². The van der Waals surface area contributed by atoms with Gasteiger partial charge in [-0.25, -0.2) is 4.98 Å². The highest BCUT2D eigenvalue weighted by Crippen LogP contribution is 2.12. The molecule has 1 heterocycles. The topological polar surface area (TPSA) is 29.9 Å². The number of nitrogens with zero attached hydrogens (tertiary/aromatic N) is 2. The molecule has 3 nitrogen and oxygen atoms in total. The van der Waals surface area contributed by atoms with Gasteiger partial charge >= 0.3 is 0 Å². The van der Waals surface area contributed by atoms with Gasteiger partial charge in [0.05, 0.1) is 12.0 Å². The second kappa shape index (κ2) is 6.16. The van der Waals surface area contributed by atoms with Crippen molar-refractivity contribution in [1.82, 2.24) is 14.9 Å². The van der Waals surface area contributed by atoms with Gasteiger partial charge in [0.2, 0.25) is 0 Å². The molecule has 0 radical (unpaired) electrons. The number of halogens is 1. The van der Waals surface area contributed by atoms with E-state index in [1.54, 1.807) is 0 Å². The van der Waals surface area contributed by atoms with Crippen LogP contribution in [0.3, 0.4) is 0 Å². The lowest BCUT2D eigenvalue weighted by molar-refractivity contribution is 0.550. The Bertz CT molecular complexity index is 505. The molecule has 0 aliphatic rings. The predicted molar refractivity (Wildman–Crippen MR) is 77.3 cm³/mol. The second-order valence-electron chi connectivity index (χ2n) is 4.62. The Morgan fingerprint density at radius 2 is 2.17 bits per heavy atom. The number of nitrogens with one attached hydrogen (secondary N) is 1. The minimum Gasteiger partial charge on any atom is -0.331 e. The fourth-order valence-electron chi connectivity index (χ4n) is 1.92. The monoisotopic (exact) mass is 307 g/mol. The van der Waals surface area contributed by atoms with E-state index < -0.39 is 0 Å². The van der Waals surface area contributed by atoms with Crippen molar-refractivity contribution < 1.29 is 0 Å². The zero-order valence-electron chi connectivity index (χ0n) is 10.7. The van der Waals surface area contributed by atoms with Gasteiger partial charge < -0.3 is 9.88 Å². The first kappa shape index (κ1) is 13.3. The molecule has 0 saturated heterocycles. The molecular formula is C14H18BrN3. The van der Waals surface area contributed by atoms with Crippen LogP contribution in [-0.4, -0.2) is 9.55 Å². The first-order chi connectivity index (χ1) is 8.66. The molecule has 0 saturated carbocycles. The molecule has 0 spiro atoms. The summed E-state index contributed by atoms with van der Waals surface area (Å²) >= 11 is 3.48. The molecule has 0 amide bonds. The van der Waals surface area contributed by atoms with Crippen LogP contribution in [0, 0.1) is 0 Å². The van der Waals surface area contributed by atoms with Gasteiger partial charge in [-0.1, -0.05) is 28.1 Å². The average molecular weight is 308 g/mol. The van der Waals surface area contributed by atoms with E-state index in [1.165, 1.54) is 11.3 Å². The Morgan fingerprint density at radius 3 is 2.89 bits per heavy atom. The summed E-state index contributed by atoms with van der Waals surface area (Å²) in [6.07, 6.45) is 3.81. The summed E-state index contributed by atoms with van der Waals surface area (Å²) < 4.78 is 3.31. The van der Waals surface area contributed by atoms with E-state index in [4.69, 9.17) is 0 Å². The largest absolute Gasteiger partial charge is 0.331 e. The van der Waals surface area contributed by atoms with Crippen LogP contribution in [0.1, 0.15) is 31.1 Å². The predicted octanol–water partition coefficient (Wildman–Crippen LogP) is 3.52. The lowest BCUT2D eigenvalue weighted by atomic mass is 10.2. The third-order valence-electron chi connectivity index (χ3n) is 2.83. The number of imidazole rings is 1. The molecule has 0 bridgehead atoms. The summed E-state index contributed by atoms with van der Waals surface area (Å²) in [5.41, 5.74) is 2.50. The maximum Gasteiger partial charge on any atom is 0.0951 e. The maximum absolute atomic E-state index is 4.20. The zero-order valence-corrected chi connectivity index (χ0v) is 12.3. The van der Waals surface area contributed by atoms with Gasteiger partial charge in [0.25, 0.3) is 0 Å². The van der Waals surface area contributed by atoms with Gasteiger partial charge in [0.15, 0.2) is 0 Å². The Balaban J connectivity index is 1.90. The number of benzene rings is 1. The van der Waals surface area contributed by atoms with Crippen LogP contribution in [0.2, 0.25) is 0 Å². The van der Waals surface area contributed by atoms with E-state index in [9.17, 15) is 0 Å². The van der Waals surface area contributed by atoms with E-state index in [0.717, 1.165) is 17.6 Å². The number of aromatic nitrogens is 2. The smallest absolute Gasteiger partial charge is 0.0951 e. The standard InChI is InChI=1S/C14H18BrN3/c1-11(2)18-10-17-9-14(18)8-16-7-12-4-3-5-13(15)6-12/h3-6,9-11,16H,7-8H2,1-2H3. The molecule has 1 aromatic carbocycles. The molecule has 0 fully saturated rings. The van der Waals surface area contributed by atoms with Crippen molar-refractivity contribution in [1.29, 1.82) is 0 Å². The Hall–Kier alpha value is -1.13. The minimum atomic E-state index is 0.454. The van der Waals surface area contributed by atoms with Crippen molar-refractivity contribution in [2.24, 2.45) is 0 Å². The Morgan fingerprint density at radius 1 is 1.33 bits per heavy atom. The minimum absolute atomic E-state index is 0.454. The summed E-state index contributed by atoms with van der Waals surface area (Å²) in [6, 6.07) is 8.80. The SMILES string of the molecule is CC(C)n1cncc1CNCc1cccc(Br)c1. The normalized spacial score (nSPS) is 11.1. The molecule has 2 rings (SSSR count). The van der Waals surface area contributed by atoms with Crippen LogP contribution in [0.5, 0.6) is 0 Å². The molecule has 0 unspecified atom stereocenters. The van der Waals surface area contributed by atoms with E-state index >= 15 is 0 Å². The van der Waals surface area contributed by atoms with Crippen LogP contribution in [0.15, 0.2) is 41.3 Å². The van der Waals surface area contributed by atoms with Crippen LogP contribution >= 0.6 is 15.9 Å². The summed E-state index contributed by atoms with van der Waals surface area (Å²) in [4.78, 5) is 4.20. The molecule has 0 aliphatic carbocycles. The summed E-state index contributed by atoms with van der Waals surface area (Å²) in [6.45, 7) is 6.03. The van der Waals surface area contributed by atoms with E-state index in [0.29, 0.717) is 6.04 Å². The highest BCUT2D eigenvalue weighted by atomic mass is 79.9. The highest BCUT2D eigenvalue weighted by Gasteiger charge is 2.04. The molecule has 0 aliphatic heterocycles. The van der Waals surface area contributed by atoms with Gasteiger partial charge in [0.1, 0.15) is 0 Å². The molecule has 2 aromatic rings. The average Bonchev–Trinajstić information content (AvgIpc) is 2.77. The van der Waals surface area contributed by atoms with E-state index in [-0.39, 0.29) is 0 Å². The fourth-order valence-corrected chi connectivity index (χ4v) is 2.36. The van der Waals surface area contributed by atoms with Crippen molar-refractivity contribution in [2.45, 2.75) is 33.0 Å². The van der Waals surface area contributed by atoms with Crippen LogP contribution in [0.25, 0.3) is 0 Å². The number of rotatable bonds is 5. The molecule has 1 N–H and O–H groups in total. The molecule has 1 aromatic heterocycles. The van der Waals surface area contributed by atoms with Crippen molar-refractivity contribution in [3.63, 3.8) is 0 Å². The second-order valence-corrected chi connectivity index (χ2v) is 5.54. The Labute approximate surface area is 116 Å². The van der Waals surface area contributed by atoms with Crippen LogP contribution in [-0.2, 0) is 13.1 Å². The van der Waals surface area contributed by atoms with Crippen molar-refractivity contribution in [3.8, 4) is 0 Å². The summed E-state index contributed by atoms with van der Waals surface area (Å²) in [5, 5.41) is 3.44. The zero-order chi connectivity index (χ0) is 13.0. The molecule has 4 heteroatoms. The Kier molecular flexibility index (Phi) is 4.55. The van der Waals surface area contributed by atoms with Crippen LogP contribution in [0.4, 0.5) is 0 Å². The first-order valence-corrected chi connectivity index (χ1v) is 6.92. The fraction of sp³-hybridized carbons (Fsp3) is 0.357. The van der Waals surface area contributed by atoms with Gasteiger partial charge in [-0.15, -0.1) is 0 Å². The lowest BCUT2D eigenvalue weighted by Crippen LogP contribution is -2.16. The molecule has 18 heavy (non-hydrogen) atoms. The van der Waals surface area contributed by atoms with E-state index in [1.807, 2.05) is 18.6 Å². The van der Waals surface area contributed by atoms with Crippen LogP contribution < -0.4 is 5.32 Å². The first-order valence-electron chi connectivity index (χ1n) is 6.12. The van der Waals surface area contributed by atoms with Crippen molar-refractivity contribution in [3.05, 3.63) is 52.5 Å². The third-order valence-corrected chi connectivity index (χ3v) is 3.32. The van der Waals surface area contributed by atoms with Gasteiger partial charge in [-0.3, -0.25) is 0 Å².